The highest BCUT2D eigenvalue weighted by Crippen LogP contribution is 2.19. The van der Waals surface area contributed by atoms with Crippen LogP contribution in [-0.2, 0) is 10.7 Å². The standard InChI is InChI=1S/C11H10ClN3O2/c1-7(16)13-9-4-2-8(3-5-9)11-14-10(6-12)15-17-11/h2-5H,6H2,1H3,(H,13,16). The zero-order valence-electron chi connectivity index (χ0n) is 9.11. The largest absolute Gasteiger partial charge is 0.334 e. The molecule has 0 fully saturated rings. The number of hydrogen-bond acceptors (Lipinski definition) is 4. The van der Waals surface area contributed by atoms with E-state index in [1.54, 1.807) is 24.3 Å². The summed E-state index contributed by atoms with van der Waals surface area (Å²) in [7, 11) is 0. The number of carbonyl (C=O) groups is 1. The van der Waals surface area contributed by atoms with Crippen LogP contribution in [0.5, 0.6) is 0 Å². The molecule has 88 valence electrons. The molecule has 2 rings (SSSR count). The molecule has 0 saturated heterocycles. The van der Waals surface area contributed by atoms with Gasteiger partial charge in [-0.15, -0.1) is 11.6 Å². The van der Waals surface area contributed by atoms with E-state index in [9.17, 15) is 4.79 Å². The van der Waals surface area contributed by atoms with Crippen molar-refractivity contribution in [3.05, 3.63) is 30.1 Å². The van der Waals surface area contributed by atoms with E-state index in [2.05, 4.69) is 15.5 Å². The highest BCUT2D eigenvalue weighted by molar-refractivity contribution is 6.16. The highest BCUT2D eigenvalue weighted by atomic mass is 35.5. The van der Waals surface area contributed by atoms with E-state index in [1.165, 1.54) is 6.92 Å². The van der Waals surface area contributed by atoms with Crippen LogP contribution in [0.15, 0.2) is 28.8 Å². The van der Waals surface area contributed by atoms with E-state index in [0.717, 1.165) is 11.3 Å². The van der Waals surface area contributed by atoms with Crippen LogP contribution >= 0.6 is 11.6 Å². The fraction of sp³-hybridized carbons (Fsp3) is 0.182. The quantitative estimate of drug-likeness (QED) is 0.851. The van der Waals surface area contributed by atoms with E-state index in [0.29, 0.717) is 11.7 Å². The first-order chi connectivity index (χ1) is 8.19. The van der Waals surface area contributed by atoms with Gasteiger partial charge in [-0.05, 0) is 24.3 Å². The molecular formula is C11H10ClN3O2. The molecule has 0 saturated carbocycles. The predicted molar refractivity (Wildman–Crippen MR) is 63.6 cm³/mol. The molecule has 1 amide bonds. The van der Waals surface area contributed by atoms with Crippen molar-refractivity contribution in [3.8, 4) is 11.5 Å². The molecule has 6 heteroatoms. The summed E-state index contributed by atoms with van der Waals surface area (Å²) < 4.78 is 5.03. The van der Waals surface area contributed by atoms with Gasteiger partial charge in [-0.2, -0.15) is 4.98 Å². The van der Waals surface area contributed by atoms with Crippen molar-refractivity contribution >= 4 is 23.2 Å². The van der Waals surface area contributed by atoms with Gasteiger partial charge in [0.2, 0.25) is 5.91 Å². The first-order valence-corrected chi connectivity index (χ1v) is 5.49. The summed E-state index contributed by atoms with van der Waals surface area (Å²) in [5, 5.41) is 6.37. The average molecular weight is 252 g/mol. The topological polar surface area (TPSA) is 68.0 Å². The van der Waals surface area contributed by atoms with Crippen molar-refractivity contribution in [2.24, 2.45) is 0 Å². The zero-order valence-corrected chi connectivity index (χ0v) is 9.86. The maximum atomic E-state index is 10.8. The Kier molecular flexibility index (Phi) is 3.39. The second-order valence-corrected chi connectivity index (χ2v) is 3.68. The predicted octanol–water partition coefficient (Wildman–Crippen LogP) is 2.43. The molecule has 17 heavy (non-hydrogen) atoms. The van der Waals surface area contributed by atoms with Crippen LogP contribution in [0.25, 0.3) is 11.5 Å². The number of alkyl halides is 1. The molecule has 0 atom stereocenters. The lowest BCUT2D eigenvalue weighted by Gasteiger charge is -2.01. The van der Waals surface area contributed by atoms with Crippen molar-refractivity contribution in [1.29, 1.82) is 0 Å². The van der Waals surface area contributed by atoms with Crippen LogP contribution in [-0.4, -0.2) is 16.0 Å². The molecule has 1 aromatic carbocycles. The van der Waals surface area contributed by atoms with Crippen LogP contribution in [0.1, 0.15) is 12.7 Å². The van der Waals surface area contributed by atoms with E-state index in [-0.39, 0.29) is 11.8 Å². The van der Waals surface area contributed by atoms with Crippen molar-refractivity contribution in [3.63, 3.8) is 0 Å². The number of hydrogen-bond donors (Lipinski definition) is 1. The number of benzene rings is 1. The lowest BCUT2D eigenvalue weighted by Crippen LogP contribution is -2.05. The minimum Gasteiger partial charge on any atom is -0.334 e. The molecule has 0 aliphatic heterocycles. The normalized spacial score (nSPS) is 10.2. The van der Waals surface area contributed by atoms with Crippen LogP contribution in [0.4, 0.5) is 5.69 Å². The molecular weight excluding hydrogens is 242 g/mol. The number of nitrogens with zero attached hydrogens (tertiary/aromatic N) is 2. The summed E-state index contributed by atoms with van der Waals surface area (Å²) in [6, 6.07) is 7.11. The molecule has 2 aromatic rings. The third-order valence-electron chi connectivity index (χ3n) is 2.04. The summed E-state index contributed by atoms with van der Waals surface area (Å²) >= 11 is 5.58. The second-order valence-electron chi connectivity index (χ2n) is 3.41. The monoisotopic (exact) mass is 251 g/mol. The van der Waals surface area contributed by atoms with Gasteiger partial charge < -0.3 is 9.84 Å². The van der Waals surface area contributed by atoms with Crippen LogP contribution in [0.3, 0.4) is 0 Å². The Hall–Kier alpha value is -1.88. The summed E-state index contributed by atoms with van der Waals surface area (Å²) in [5.41, 5.74) is 1.50. The summed E-state index contributed by atoms with van der Waals surface area (Å²) in [4.78, 5) is 14.9. The number of amides is 1. The Morgan fingerprint density at radius 3 is 2.65 bits per heavy atom. The van der Waals surface area contributed by atoms with Gasteiger partial charge in [0.1, 0.15) is 0 Å². The molecule has 1 N–H and O–H groups in total. The number of aromatic nitrogens is 2. The Morgan fingerprint density at radius 1 is 1.41 bits per heavy atom. The maximum Gasteiger partial charge on any atom is 0.257 e. The number of rotatable bonds is 3. The first kappa shape index (κ1) is 11.6. The Bertz CT molecular complexity index is 522. The summed E-state index contributed by atoms with van der Waals surface area (Å²) in [6.07, 6.45) is 0. The Labute approximate surface area is 103 Å². The van der Waals surface area contributed by atoms with Gasteiger partial charge in [0.05, 0.1) is 5.88 Å². The van der Waals surface area contributed by atoms with Crippen LogP contribution in [0, 0.1) is 0 Å². The third kappa shape index (κ3) is 2.82. The molecule has 0 unspecified atom stereocenters. The lowest BCUT2D eigenvalue weighted by molar-refractivity contribution is -0.114. The smallest absolute Gasteiger partial charge is 0.257 e. The Balaban J connectivity index is 2.19. The summed E-state index contributed by atoms with van der Waals surface area (Å²) in [6.45, 7) is 1.46. The molecule has 1 aromatic heterocycles. The van der Waals surface area contributed by atoms with Crippen LogP contribution < -0.4 is 5.32 Å². The average Bonchev–Trinajstić information content (AvgIpc) is 2.78. The van der Waals surface area contributed by atoms with Crippen molar-refractivity contribution < 1.29 is 9.32 Å². The highest BCUT2D eigenvalue weighted by Gasteiger charge is 2.07. The molecule has 0 bridgehead atoms. The first-order valence-electron chi connectivity index (χ1n) is 4.95. The van der Waals surface area contributed by atoms with Gasteiger partial charge in [0.25, 0.3) is 5.89 Å². The minimum atomic E-state index is -0.111. The fourth-order valence-electron chi connectivity index (χ4n) is 1.32. The zero-order chi connectivity index (χ0) is 12.3. The van der Waals surface area contributed by atoms with Crippen molar-refractivity contribution in [1.82, 2.24) is 10.1 Å². The molecule has 5 nitrogen and oxygen atoms in total. The number of nitrogens with one attached hydrogen (secondary N) is 1. The Morgan fingerprint density at radius 2 is 2.12 bits per heavy atom. The fourth-order valence-corrected chi connectivity index (χ4v) is 1.43. The van der Waals surface area contributed by atoms with Gasteiger partial charge in [0.15, 0.2) is 5.82 Å². The molecule has 0 aliphatic carbocycles. The van der Waals surface area contributed by atoms with E-state index in [4.69, 9.17) is 16.1 Å². The summed E-state index contributed by atoms with van der Waals surface area (Å²) in [5.74, 6) is 0.968. The number of halogens is 1. The lowest BCUT2D eigenvalue weighted by atomic mass is 10.2. The SMILES string of the molecule is CC(=O)Nc1ccc(-c2nc(CCl)no2)cc1. The van der Waals surface area contributed by atoms with Crippen LogP contribution in [0.2, 0.25) is 0 Å². The van der Waals surface area contributed by atoms with E-state index in [1.807, 2.05) is 0 Å². The molecule has 0 aliphatic rings. The molecule has 0 radical (unpaired) electrons. The van der Waals surface area contributed by atoms with Gasteiger partial charge in [-0.1, -0.05) is 5.16 Å². The van der Waals surface area contributed by atoms with Gasteiger partial charge >= 0.3 is 0 Å². The van der Waals surface area contributed by atoms with Gasteiger partial charge in [-0.25, -0.2) is 0 Å². The second kappa shape index (κ2) is 4.97. The third-order valence-corrected chi connectivity index (χ3v) is 2.28. The van der Waals surface area contributed by atoms with Gasteiger partial charge in [-0.3, -0.25) is 4.79 Å². The van der Waals surface area contributed by atoms with Crippen molar-refractivity contribution in [2.45, 2.75) is 12.8 Å². The van der Waals surface area contributed by atoms with E-state index >= 15 is 0 Å². The maximum absolute atomic E-state index is 10.8. The van der Waals surface area contributed by atoms with Gasteiger partial charge in [0, 0.05) is 18.2 Å². The molecule has 0 spiro atoms. The van der Waals surface area contributed by atoms with E-state index < -0.39 is 0 Å². The minimum absolute atomic E-state index is 0.111. The van der Waals surface area contributed by atoms with Crippen molar-refractivity contribution in [2.75, 3.05) is 5.32 Å². The molecule has 1 heterocycles. The number of anilines is 1. The number of carbonyl (C=O) groups excluding carboxylic acids is 1.